The molecular weight excluding hydrogens is 454 g/mol. The summed E-state index contributed by atoms with van der Waals surface area (Å²) in [6, 6.07) is 12.9. The number of hydrogen-bond acceptors (Lipinski definition) is 6. The lowest BCUT2D eigenvalue weighted by atomic mass is 9.98. The Morgan fingerprint density at radius 2 is 2.09 bits per heavy atom. The van der Waals surface area contributed by atoms with Crippen LogP contribution >= 0.6 is 0 Å². The van der Waals surface area contributed by atoms with Crippen molar-refractivity contribution in [3.8, 4) is 0 Å². The van der Waals surface area contributed by atoms with E-state index in [9.17, 15) is 13.6 Å². The van der Waals surface area contributed by atoms with Gasteiger partial charge in [-0.25, -0.2) is 23.7 Å². The molecule has 3 aromatic heterocycles. The highest BCUT2D eigenvalue weighted by molar-refractivity contribution is 5.97. The third kappa shape index (κ3) is 3.74. The van der Waals surface area contributed by atoms with Crippen LogP contribution in [-0.4, -0.2) is 49.1 Å². The number of carbonyl (C=O) groups excluding carboxylic acids is 1. The molecule has 1 atom stereocenters. The molecule has 0 fully saturated rings. The summed E-state index contributed by atoms with van der Waals surface area (Å²) in [5.74, 6) is 0.309. The van der Waals surface area contributed by atoms with Crippen molar-refractivity contribution in [2.45, 2.75) is 18.8 Å². The first-order valence-electron chi connectivity index (χ1n) is 11.1. The zero-order valence-corrected chi connectivity index (χ0v) is 18.4. The topological polar surface area (TPSA) is 115 Å². The summed E-state index contributed by atoms with van der Waals surface area (Å²) in [4.78, 5) is 30.0. The van der Waals surface area contributed by atoms with Crippen LogP contribution in [0.5, 0.6) is 0 Å². The molecule has 3 N–H and O–H groups in total. The lowest BCUT2D eigenvalue weighted by Gasteiger charge is -2.19. The van der Waals surface area contributed by atoms with Gasteiger partial charge in [0.15, 0.2) is 11.5 Å². The highest BCUT2D eigenvalue weighted by Crippen LogP contribution is 2.42. The highest BCUT2D eigenvalue weighted by atomic mass is 19.3. The summed E-state index contributed by atoms with van der Waals surface area (Å²) in [6.45, 7) is 1.17. The number of carbonyl (C=O) groups is 1. The molecule has 0 radical (unpaired) electrons. The number of imidazole rings is 1. The number of fused-ring (bicyclic) bond motifs is 3. The fourth-order valence-corrected chi connectivity index (χ4v) is 4.65. The summed E-state index contributed by atoms with van der Waals surface area (Å²) >= 11 is 0. The number of nitrogens with one attached hydrogen (secondary N) is 3. The highest BCUT2D eigenvalue weighted by Gasteiger charge is 2.31. The summed E-state index contributed by atoms with van der Waals surface area (Å²) < 4.78 is 25.8. The number of para-hydroxylation sites is 1. The molecule has 0 saturated carbocycles. The molecule has 1 amide bonds. The van der Waals surface area contributed by atoms with Gasteiger partial charge in [0.05, 0.1) is 22.6 Å². The average molecular weight is 474 g/mol. The molecule has 0 saturated heterocycles. The van der Waals surface area contributed by atoms with E-state index >= 15 is 0 Å². The maximum atomic E-state index is 12.9. The second kappa shape index (κ2) is 8.42. The Balaban J connectivity index is 1.16. The Labute approximate surface area is 197 Å². The average Bonchev–Trinajstić information content (AvgIpc) is 3.60. The lowest BCUT2D eigenvalue weighted by Crippen LogP contribution is -2.26. The fourth-order valence-electron chi connectivity index (χ4n) is 4.65. The van der Waals surface area contributed by atoms with Crippen molar-refractivity contribution >= 4 is 39.5 Å². The van der Waals surface area contributed by atoms with Crippen LogP contribution in [0.1, 0.15) is 40.5 Å². The lowest BCUT2D eigenvalue weighted by molar-refractivity contribution is 0.0952. The summed E-state index contributed by atoms with van der Waals surface area (Å²) in [6.07, 6.45) is 1.27. The first kappa shape index (κ1) is 21.1. The molecule has 11 heteroatoms. The molecule has 9 nitrogen and oxygen atoms in total. The van der Waals surface area contributed by atoms with Gasteiger partial charge in [0, 0.05) is 30.3 Å². The Morgan fingerprint density at radius 3 is 2.97 bits per heavy atom. The minimum atomic E-state index is -2.69. The standard InChI is InChI=1S/C24H20F2N8O/c25-20(26)22-31-17-6-5-13(9-18(17)32-22)24(35)27-8-7-14-11-34(19-4-2-1-3-15(14)19)23-16-10-30-33-21(16)28-12-29-23/h1-6,9-10,12,14,20H,7-8,11H2,(H,27,35)(H,31,32)(H,28,29,30,33). The van der Waals surface area contributed by atoms with Crippen molar-refractivity contribution < 1.29 is 13.6 Å². The summed E-state index contributed by atoms with van der Waals surface area (Å²) in [5.41, 5.74) is 4.14. The van der Waals surface area contributed by atoms with Gasteiger partial charge in [0.2, 0.25) is 0 Å². The second-order valence-corrected chi connectivity index (χ2v) is 8.40. The Hall–Kier alpha value is -4.41. The number of amides is 1. The molecule has 1 aliphatic rings. The zero-order valence-electron chi connectivity index (χ0n) is 18.4. The van der Waals surface area contributed by atoms with Crippen molar-refractivity contribution in [2.24, 2.45) is 0 Å². The van der Waals surface area contributed by atoms with E-state index in [1.54, 1.807) is 24.4 Å². The number of benzene rings is 2. The van der Waals surface area contributed by atoms with E-state index in [1.807, 2.05) is 12.1 Å². The predicted molar refractivity (Wildman–Crippen MR) is 126 cm³/mol. The normalized spacial score (nSPS) is 15.3. The van der Waals surface area contributed by atoms with E-state index in [4.69, 9.17) is 0 Å². The number of nitrogens with zero attached hydrogens (tertiary/aromatic N) is 5. The molecule has 1 unspecified atom stereocenters. The minimum absolute atomic E-state index is 0.187. The van der Waals surface area contributed by atoms with Gasteiger partial charge >= 0.3 is 0 Å². The van der Waals surface area contributed by atoms with Gasteiger partial charge in [-0.1, -0.05) is 18.2 Å². The van der Waals surface area contributed by atoms with E-state index in [1.165, 1.54) is 11.9 Å². The van der Waals surface area contributed by atoms with Crippen LogP contribution in [0.4, 0.5) is 20.3 Å². The molecule has 0 spiro atoms. The maximum Gasteiger partial charge on any atom is 0.295 e. The van der Waals surface area contributed by atoms with Crippen LogP contribution in [0.3, 0.4) is 0 Å². The largest absolute Gasteiger partial charge is 0.352 e. The first-order valence-corrected chi connectivity index (χ1v) is 11.1. The minimum Gasteiger partial charge on any atom is -0.352 e. The monoisotopic (exact) mass is 474 g/mol. The first-order chi connectivity index (χ1) is 17.1. The van der Waals surface area contributed by atoms with Crippen LogP contribution < -0.4 is 10.2 Å². The number of hydrogen-bond donors (Lipinski definition) is 3. The van der Waals surface area contributed by atoms with Crippen molar-refractivity contribution in [3.63, 3.8) is 0 Å². The van der Waals surface area contributed by atoms with Gasteiger partial charge in [-0.3, -0.25) is 9.89 Å². The number of aromatic amines is 2. The third-order valence-corrected chi connectivity index (χ3v) is 6.30. The number of H-pyrrole nitrogens is 2. The van der Waals surface area contributed by atoms with Crippen molar-refractivity contribution in [1.29, 1.82) is 0 Å². The number of aromatic nitrogens is 6. The van der Waals surface area contributed by atoms with E-state index in [-0.39, 0.29) is 11.8 Å². The molecule has 2 aromatic carbocycles. The van der Waals surface area contributed by atoms with E-state index in [0.29, 0.717) is 35.3 Å². The molecule has 4 heterocycles. The predicted octanol–water partition coefficient (Wildman–Crippen LogP) is 4.22. The maximum absolute atomic E-state index is 12.9. The number of alkyl halides is 2. The third-order valence-electron chi connectivity index (χ3n) is 6.30. The van der Waals surface area contributed by atoms with Crippen molar-refractivity contribution in [3.05, 3.63) is 71.9 Å². The Kier molecular flexibility index (Phi) is 5.09. The van der Waals surface area contributed by atoms with E-state index < -0.39 is 12.2 Å². The molecule has 5 aromatic rings. The van der Waals surface area contributed by atoms with Crippen molar-refractivity contribution in [1.82, 2.24) is 35.5 Å². The number of anilines is 2. The van der Waals surface area contributed by atoms with Crippen molar-refractivity contribution in [2.75, 3.05) is 18.0 Å². The van der Waals surface area contributed by atoms with Gasteiger partial charge in [-0.05, 0) is 36.2 Å². The summed E-state index contributed by atoms with van der Waals surface area (Å²) in [5, 5.41) is 10.8. The molecular formula is C24H20F2N8O. The number of rotatable bonds is 6. The smallest absolute Gasteiger partial charge is 0.295 e. The van der Waals surface area contributed by atoms with Crippen LogP contribution in [0.2, 0.25) is 0 Å². The van der Waals surface area contributed by atoms with Crippen LogP contribution in [0.25, 0.3) is 22.1 Å². The van der Waals surface area contributed by atoms with Crippen LogP contribution in [0.15, 0.2) is 55.0 Å². The second-order valence-electron chi connectivity index (χ2n) is 8.40. The zero-order chi connectivity index (χ0) is 23.9. The molecule has 1 aliphatic heterocycles. The van der Waals surface area contributed by atoms with Gasteiger partial charge in [-0.15, -0.1) is 0 Å². The number of halogens is 2. The van der Waals surface area contributed by atoms with E-state index in [2.05, 4.69) is 52.5 Å². The van der Waals surface area contributed by atoms with Gasteiger partial charge in [0.25, 0.3) is 12.3 Å². The van der Waals surface area contributed by atoms with Gasteiger partial charge in [-0.2, -0.15) is 5.10 Å². The van der Waals surface area contributed by atoms with Crippen LogP contribution in [-0.2, 0) is 0 Å². The quantitative estimate of drug-likeness (QED) is 0.339. The Morgan fingerprint density at radius 1 is 1.20 bits per heavy atom. The molecule has 6 rings (SSSR count). The van der Waals surface area contributed by atoms with E-state index in [0.717, 1.165) is 23.3 Å². The van der Waals surface area contributed by atoms with Gasteiger partial charge in [0.1, 0.15) is 12.1 Å². The fraction of sp³-hybridized carbons (Fsp3) is 0.208. The SMILES string of the molecule is O=C(NCCC1CN(c2ncnc3[nH]ncc23)c2ccccc21)c1ccc2nc(C(F)F)[nH]c2c1. The molecule has 35 heavy (non-hydrogen) atoms. The Bertz CT molecular complexity index is 1550. The summed E-state index contributed by atoms with van der Waals surface area (Å²) in [7, 11) is 0. The molecule has 0 aliphatic carbocycles. The van der Waals surface area contributed by atoms with Gasteiger partial charge < -0.3 is 15.2 Å². The molecule has 176 valence electrons. The molecule has 0 bridgehead atoms. The van der Waals surface area contributed by atoms with Crippen LogP contribution in [0, 0.1) is 0 Å².